The Balaban J connectivity index is 0.00000144. The van der Waals surface area contributed by atoms with Crippen molar-refractivity contribution in [1.82, 2.24) is 0 Å². The van der Waals surface area contributed by atoms with Crippen LogP contribution in [0.1, 0.15) is 33.1 Å². The Hall–Kier alpha value is 0.110. The summed E-state index contributed by atoms with van der Waals surface area (Å²) in [7, 11) is 0. The predicted molar refractivity (Wildman–Crippen MR) is 52.4 cm³/mol. The van der Waals surface area contributed by atoms with Gasteiger partial charge < -0.3 is 5.73 Å². The lowest BCUT2D eigenvalue weighted by Gasteiger charge is -2.21. The van der Waals surface area contributed by atoms with Crippen LogP contribution in [0.25, 0.3) is 0 Å². The molecule has 1 unspecified atom stereocenters. The van der Waals surface area contributed by atoms with Gasteiger partial charge in [-0.2, -0.15) is 0 Å². The van der Waals surface area contributed by atoms with Crippen LogP contribution < -0.4 is 5.73 Å². The lowest BCUT2D eigenvalue weighted by molar-refractivity contribution is 0.0939. The maximum absolute atomic E-state index is 12.4. The fourth-order valence-electron chi connectivity index (χ4n) is 1.25. The van der Waals surface area contributed by atoms with Crippen molar-refractivity contribution in [2.24, 2.45) is 17.1 Å². The molecule has 2 N–H and O–H groups in total. The minimum absolute atomic E-state index is 0. The fourth-order valence-corrected chi connectivity index (χ4v) is 1.25. The van der Waals surface area contributed by atoms with Crippen LogP contribution in [-0.2, 0) is 0 Å². The first-order valence-electron chi connectivity index (χ1n) is 4.45. The summed E-state index contributed by atoms with van der Waals surface area (Å²) in [6.45, 7) is 4.62. The monoisotopic (exact) mass is 213 g/mol. The molecule has 0 radical (unpaired) electrons. The number of hydrogen-bond donors (Lipinski definition) is 1. The van der Waals surface area contributed by atoms with Gasteiger partial charge in [-0.1, -0.05) is 13.8 Å². The number of rotatable bonds is 4. The van der Waals surface area contributed by atoms with Crippen LogP contribution in [0, 0.1) is 11.3 Å². The van der Waals surface area contributed by atoms with E-state index in [2.05, 4.69) is 0 Å². The van der Waals surface area contributed by atoms with Gasteiger partial charge >= 0.3 is 0 Å². The molecule has 1 aliphatic rings. The van der Waals surface area contributed by atoms with E-state index in [4.69, 9.17) is 5.73 Å². The lowest BCUT2D eigenvalue weighted by Crippen LogP contribution is -2.23. The molecule has 0 heterocycles. The second-order valence-corrected chi connectivity index (χ2v) is 4.57. The van der Waals surface area contributed by atoms with Gasteiger partial charge in [-0.05, 0) is 24.8 Å². The van der Waals surface area contributed by atoms with Gasteiger partial charge in [0.25, 0.3) is 5.92 Å². The molecule has 0 spiro atoms. The molecule has 13 heavy (non-hydrogen) atoms. The third kappa shape index (κ3) is 3.77. The molecule has 0 aromatic carbocycles. The van der Waals surface area contributed by atoms with Crippen LogP contribution in [0.15, 0.2) is 0 Å². The minimum Gasteiger partial charge on any atom is -0.330 e. The third-order valence-electron chi connectivity index (χ3n) is 2.68. The zero-order chi connectivity index (χ0) is 9.41. The molecular weight excluding hydrogens is 196 g/mol. The standard InChI is InChI=1S/C9H17F2N.ClH/c1-8(2,6-12)4-3-7-5-9(7,10)11;/h7H,3-6,12H2,1-2H3;1H. The van der Waals surface area contributed by atoms with Gasteiger partial charge in [0.1, 0.15) is 0 Å². The van der Waals surface area contributed by atoms with E-state index in [1.165, 1.54) is 0 Å². The molecule has 1 saturated carbocycles. The maximum Gasteiger partial charge on any atom is 0.251 e. The van der Waals surface area contributed by atoms with Crippen molar-refractivity contribution in [3.8, 4) is 0 Å². The zero-order valence-electron chi connectivity index (χ0n) is 8.15. The van der Waals surface area contributed by atoms with E-state index in [0.29, 0.717) is 13.0 Å². The number of nitrogens with two attached hydrogens (primary N) is 1. The van der Waals surface area contributed by atoms with Crippen molar-refractivity contribution in [2.75, 3.05) is 6.54 Å². The molecule has 0 amide bonds. The van der Waals surface area contributed by atoms with Gasteiger partial charge in [0.2, 0.25) is 0 Å². The van der Waals surface area contributed by atoms with Crippen molar-refractivity contribution in [2.45, 2.75) is 39.0 Å². The van der Waals surface area contributed by atoms with E-state index in [9.17, 15) is 8.78 Å². The van der Waals surface area contributed by atoms with E-state index >= 15 is 0 Å². The molecule has 0 aliphatic heterocycles. The van der Waals surface area contributed by atoms with Crippen LogP contribution in [0.4, 0.5) is 8.78 Å². The number of alkyl halides is 2. The fraction of sp³-hybridized carbons (Fsp3) is 1.00. The summed E-state index contributed by atoms with van der Waals surface area (Å²) in [5.74, 6) is -2.71. The average Bonchev–Trinajstić information content (AvgIpc) is 2.56. The average molecular weight is 214 g/mol. The Morgan fingerprint density at radius 2 is 1.92 bits per heavy atom. The van der Waals surface area contributed by atoms with Gasteiger partial charge in [-0.3, -0.25) is 0 Å². The molecule has 0 aromatic heterocycles. The van der Waals surface area contributed by atoms with Crippen molar-refractivity contribution >= 4 is 12.4 Å². The Morgan fingerprint density at radius 3 is 2.23 bits per heavy atom. The summed E-state index contributed by atoms with van der Waals surface area (Å²) in [6, 6.07) is 0. The SMILES string of the molecule is CC(C)(CN)CCC1CC1(F)F.Cl. The molecule has 80 valence electrons. The minimum atomic E-state index is -2.36. The summed E-state index contributed by atoms with van der Waals surface area (Å²) in [4.78, 5) is 0. The van der Waals surface area contributed by atoms with Gasteiger partial charge in [-0.15, -0.1) is 12.4 Å². The first kappa shape index (κ1) is 13.1. The highest BCUT2D eigenvalue weighted by Crippen LogP contribution is 2.52. The Kier molecular flexibility index (Phi) is 4.13. The Labute approximate surface area is 84.5 Å². The topological polar surface area (TPSA) is 26.0 Å². The van der Waals surface area contributed by atoms with E-state index in [1.807, 2.05) is 13.8 Å². The molecular formula is C9H18ClF2N. The largest absolute Gasteiger partial charge is 0.330 e. The summed E-state index contributed by atoms with van der Waals surface area (Å²) >= 11 is 0. The zero-order valence-corrected chi connectivity index (χ0v) is 8.96. The number of halogens is 3. The predicted octanol–water partition coefficient (Wildman–Crippen LogP) is 2.83. The van der Waals surface area contributed by atoms with Crippen molar-refractivity contribution < 1.29 is 8.78 Å². The van der Waals surface area contributed by atoms with Gasteiger partial charge in [-0.25, -0.2) is 8.78 Å². The van der Waals surface area contributed by atoms with Crippen LogP contribution >= 0.6 is 12.4 Å². The van der Waals surface area contributed by atoms with Crippen molar-refractivity contribution in [3.05, 3.63) is 0 Å². The molecule has 1 aliphatic carbocycles. The molecule has 0 aromatic rings. The van der Waals surface area contributed by atoms with Gasteiger partial charge in [0.15, 0.2) is 0 Å². The quantitative estimate of drug-likeness (QED) is 0.764. The van der Waals surface area contributed by atoms with E-state index in [-0.39, 0.29) is 30.2 Å². The summed E-state index contributed by atoms with van der Waals surface area (Å²) in [5.41, 5.74) is 5.52. The van der Waals surface area contributed by atoms with E-state index in [0.717, 1.165) is 6.42 Å². The second-order valence-electron chi connectivity index (χ2n) is 4.57. The third-order valence-corrected chi connectivity index (χ3v) is 2.68. The highest BCUT2D eigenvalue weighted by atomic mass is 35.5. The second kappa shape index (κ2) is 4.09. The van der Waals surface area contributed by atoms with Crippen LogP contribution in [0.3, 0.4) is 0 Å². The Morgan fingerprint density at radius 1 is 1.46 bits per heavy atom. The van der Waals surface area contributed by atoms with Crippen LogP contribution in [-0.4, -0.2) is 12.5 Å². The first-order valence-corrected chi connectivity index (χ1v) is 4.45. The smallest absolute Gasteiger partial charge is 0.251 e. The summed E-state index contributed by atoms with van der Waals surface area (Å²) in [6.07, 6.45) is 1.52. The van der Waals surface area contributed by atoms with Crippen molar-refractivity contribution in [1.29, 1.82) is 0 Å². The molecule has 1 rings (SSSR count). The van der Waals surface area contributed by atoms with Crippen LogP contribution in [0.2, 0.25) is 0 Å². The summed E-state index contributed by atoms with van der Waals surface area (Å²) in [5, 5.41) is 0. The molecule has 0 bridgehead atoms. The summed E-state index contributed by atoms with van der Waals surface area (Å²) < 4.78 is 24.9. The lowest BCUT2D eigenvalue weighted by atomic mass is 9.87. The van der Waals surface area contributed by atoms with E-state index in [1.54, 1.807) is 0 Å². The Bertz CT molecular complexity index is 171. The highest BCUT2D eigenvalue weighted by molar-refractivity contribution is 5.85. The number of hydrogen-bond acceptors (Lipinski definition) is 1. The van der Waals surface area contributed by atoms with Crippen LogP contribution in [0.5, 0.6) is 0 Å². The van der Waals surface area contributed by atoms with Gasteiger partial charge in [0.05, 0.1) is 0 Å². The maximum atomic E-state index is 12.4. The molecule has 4 heteroatoms. The van der Waals surface area contributed by atoms with E-state index < -0.39 is 5.92 Å². The highest BCUT2D eigenvalue weighted by Gasteiger charge is 2.56. The molecule has 0 saturated heterocycles. The molecule has 1 atom stereocenters. The molecule has 1 nitrogen and oxygen atoms in total. The van der Waals surface area contributed by atoms with Crippen molar-refractivity contribution in [3.63, 3.8) is 0 Å². The first-order chi connectivity index (χ1) is 5.37. The van der Waals surface area contributed by atoms with Gasteiger partial charge in [0, 0.05) is 12.3 Å². The molecule has 1 fully saturated rings. The normalized spacial score (nSPS) is 25.2.